The van der Waals surface area contributed by atoms with Crippen molar-refractivity contribution in [3.63, 3.8) is 0 Å². The van der Waals surface area contributed by atoms with E-state index in [0.717, 1.165) is 23.9 Å². The molecule has 3 rings (SSSR count). The van der Waals surface area contributed by atoms with E-state index in [2.05, 4.69) is 54.6 Å². The van der Waals surface area contributed by atoms with Crippen molar-refractivity contribution in [3.05, 3.63) is 35.9 Å². The summed E-state index contributed by atoms with van der Waals surface area (Å²) < 4.78 is 0. The normalized spacial score (nSPS) is 33.4. The molecule has 0 spiro atoms. The van der Waals surface area contributed by atoms with Gasteiger partial charge in [-0.1, -0.05) is 30.3 Å². The van der Waals surface area contributed by atoms with E-state index in [0.29, 0.717) is 0 Å². The predicted octanol–water partition coefficient (Wildman–Crippen LogP) is 3.25. The summed E-state index contributed by atoms with van der Waals surface area (Å²) in [4.78, 5) is 2.40. The standard InChI is InChI=1S/C18H28N2/c1-20(2)16-10-8-14(9-11-16)13-19-18-12-17(18)15-6-4-3-5-7-15/h3-7,14,16-19H,8-13H2,1-2H3/t14-,16-,17?,18?. The van der Waals surface area contributed by atoms with E-state index in [1.807, 2.05) is 0 Å². The smallest absolute Gasteiger partial charge is 0.0143 e. The third-order valence-electron chi connectivity index (χ3n) is 5.23. The summed E-state index contributed by atoms with van der Waals surface area (Å²) in [5.41, 5.74) is 1.52. The van der Waals surface area contributed by atoms with E-state index in [1.165, 1.54) is 44.2 Å². The zero-order valence-corrected chi connectivity index (χ0v) is 12.9. The highest BCUT2D eigenvalue weighted by Crippen LogP contribution is 2.40. The van der Waals surface area contributed by atoms with Crippen LogP contribution in [-0.2, 0) is 0 Å². The Morgan fingerprint density at radius 1 is 1.05 bits per heavy atom. The molecule has 0 aromatic heterocycles. The number of benzene rings is 1. The van der Waals surface area contributed by atoms with Gasteiger partial charge in [-0.05, 0) is 64.2 Å². The maximum atomic E-state index is 3.81. The van der Waals surface area contributed by atoms with Crippen LogP contribution in [0.2, 0.25) is 0 Å². The Bertz CT molecular complexity index is 407. The zero-order chi connectivity index (χ0) is 13.9. The molecule has 2 aliphatic carbocycles. The molecule has 1 aromatic rings. The molecule has 0 saturated heterocycles. The van der Waals surface area contributed by atoms with Crippen LogP contribution >= 0.6 is 0 Å². The Morgan fingerprint density at radius 2 is 1.75 bits per heavy atom. The highest BCUT2D eigenvalue weighted by Gasteiger charge is 2.38. The van der Waals surface area contributed by atoms with Crippen molar-refractivity contribution in [2.75, 3.05) is 20.6 Å². The molecule has 0 bridgehead atoms. The fourth-order valence-corrected chi connectivity index (χ4v) is 3.67. The molecule has 2 fully saturated rings. The molecule has 0 radical (unpaired) electrons. The predicted molar refractivity (Wildman–Crippen MR) is 85.0 cm³/mol. The van der Waals surface area contributed by atoms with E-state index in [4.69, 9.17) is 0 Å². The second kappa shape index (κ2) is 6.28. The molecule has 2 atom stereocenters. The quantitative estimate of drug-likeness (QED) is 0.885. The van der Waals surface area contributed by atoms with Crippen LogP contribution in [-0.4, -0.2) is 37.6 Å². The first kappa shape index (κ1) is 14.1. The van der Waals surface area contributed by atoms with Crippen LogP contribution in [0, 0.1) is 5.92 Å². The Morgan fingerprint density at radius 3 is 2.40 bits per heavy atom. The van der Waals surface area contributed by atoms with Crippen molar-refractivity contribution >= 4 is 0 Å². The van der Waals surface area contributed by atoms with Gasteiger partial charge in [-0.3, -0.25) is 0 Å². The van der Waals surface area contributed by atoms with E-state index in [1.54, 1.807) is 0 Å². The summed E-state index contributed by atoms with van der Waals surface area (Å²) in [6.07, 6.45) is 6.90. The van der Waals surface area contributed by atoms with Crippen molar-refractivity contribution in [3.8, 4) is 0 Å². The minimum absolute atomic E-state index is 0.740. The largest absolute Gasteiger partial charge is 0.313 e. The van der Waals surface area contributed by atoms with Gasteiger partial charge in [0.25, 0.3) is 0 Å². The average Bonchev–Trinajstić information content (AvgIpc) is 3.26. The van der Waals surface area contributed by atoms with Crippen LogP contribution in [0.5, 0.6) is 0 Å². The molecule has 110 valence electrons. The van der Waals surface area contributed by atoms with Gasteiger partial charge in [0.1, 0.15) is 0 Å². The molecule has 1 aromatic carbocycles. The maximum absolute atomic E-state index is 3.81. The van der Waals surface area contributed by atoms with Crippen LogP contribution in [0.25, 0.3) is 0 Å². The average molecular weight is 272 g/mol. The molecule has 1 N–H and O–H groups in total. The molecular weight excluding hydrogens is 244 g/mol. The molecule has 0 heterocycles. The van der Waals surface area contributed by atoms with E-state index in [-0.39, 0.29) is 0 Å². The molecule has 0 amide bonds. The zero-order valence-electron chi connectivity index (χ0n) is 12.9. The summed E-state index contributed by atoms with van der Waals surface area (Å²) in [5.74, 6) is 1.68. The highest BCUT2D eigenvalue weighted by atomic mass is 15.1. The van der Waals surface area contributed by atoms with Crippen LogP contribution in [0.3, 0.4) is 0 Å². The Hall–Kier alpha value is -0.860. The van der Waals surface area contributed by atoms with E-state index < -0.39 is 0 Å². The van der Waals surface area contributed by atoms with Crippen LogP contribution < -0.4 is 5.32 Å². The Kier molecular flexibility index (Phi) is 4.42. The monoisotopic (exact) mass is 272 g/mol. The third-order valence-corrected chi connectivity index (χ3v) is 5.23. The fraction of sp³-hybridized carbons (Fsp3) is 0.667. The van der Waals surface area contributed by atoms with Gasteiger partial charge in [0.2, 0.25) is 0 Å². The highest BCUT2D eigenvalue weighted by molar-refractivity contribution is 5.27. The fourth-order valence-electron chi connectivity index (χ4n) is 3.67. The third kappa shape index (κ3) is 3.42. The first-order chi connectivity index (χ1) is 9.74. The Labute approximate surface area is 123 Å². The summed E-state index contributed by atoms with van der Waals surface area (Å²) >= 11 is 0. The van der Waals surface area contributed by atoms with E-state index in [9.17, 15) is 0 Å². The molecule has 2 saturated carbocycles. The number of nitrogens with one attached hydrogen (secondary N) is 1. The van der Waals surface area contributed by atoms with Crippen molar-refractivity contribution in [1.82, 2.24) is 10.2 Å². The minimum Gasteiger partial charge on any atom is -0.313 e. The minimum atomic E-state index is 0.740. The molecule has 2 aliphatic rings. The first-order valence-corrected chi connectivity index (χ1v) is 8.19. The lowest BCUT2D eigenvalue weighted by atomic mass is 9.85. The van der Waals surface area contributed by atoms with Gasteiger partial charge in [-0.15, -0.1) is 0 Å². The van der Waals surface area contributed by atoms with Crippen molar-refractivity contribution in [2.24, 2.45) is 5.92 Å². The van der Waals surface area contributed by atoms with Gasteiger partial charge >= 0.3 is 0 Å². The summed E-state index contributed by atoms with van der Waals surface area (Å²) in [6.45, 7) is 1.23. The van der Waals surface area contributed by atoms with Crippen LogP contribution in [0.15, 0.2) is 30.3 Å². The van der Waals surface area contributed by atoms with Crippen LogP contribution in [0.4, 0.5) is 0 Å². The molecule has 2 nitrogen and oxygen atoms in total. The van der Waals surface area contributed by atoms with Crippen molar-refractivity contribution in [1.29, 1.82) is 0 Å². The topological polar surface area (TPSA) is 15.3 Å². The lowest BCUT2D eigenvalue weighted by Crippen LogP contribution is -2.35. The van der Waals surface area contributed by atoms with Gasteiger partial charge in [0, 0.05) is 18.0 Å². The number of hydrogen-bond donors (Lipinski definition) is 1. The second-order valence-electron chi connectivity index (χ2n) is 6.91. The van der Waals surface area contributed by atoms with E-state index >= 15 is 0 Å². The van der Waals surface area contributed by atoms with Gasteiger partial charge in [-0.25, -0.2) is 0 Å². The lowest BCUT2D eigenvalue weighted by molar-refractivity contribution is 0.191. The van der Waals surface area contributed by atoms with Crippen molar-refractivity contribution in [2.45, 2.75) is 50.1 Å². The molecule has 0 aliphatic heterocycles. The molecule has 2 heteroatoms. The van der Waals surface area contributed by atoms with Gasteiger partial charge in [0.05, 0.1) is 0 Å². The second-order valence-corrected chi connectivity index (χ2v) is 6.91. The number of rotatable bonds is 5. The lowest BCUT2D eigenvalue weighted by Gasteiger charge is -2.32. The van der Waals surface area contributed by atoms with Crippen LogP contribution in [0.1, 0.15) is 43.6 Å². The van der Waals surface area contributed by atoms with Gasteiger partial charge < -0.3 is 10.2 Å². The number of hydrogen-bond acceptors (Lipinski definition) is 2. The molecule has 20 heavy (non-hydrogen) atoms. The SMILES string of the molecule is CN(C)[C@H]1CC[C@H](CNC2CC2c2ccccc2)CC1. The number of nitrogens with zero attached hydrogens (tertiary/aromatic N) is 1. The maximum Gasteiger partial charge on any atom is 0.0143 e. The Balaban J connectivity index is 1.38. The summed E-state index contributed by atoms with van der Waals surface area (Å²) in [5, 5.41) is 3.81. The molecule has 2 unspecified atom stereocenters. The first-order valence-electron chi connectivity index (χ1n) is 8.19. The van der Waals surface area contributed by atoms with Gasteiger partial charge in [0.15, 0.2) is 0 Å². The molecular formula is C18H28N2. The van der Waals surface area contributed by atoms with Gasteiger partial charge in [-0.2, -0.15) is 0 Å². The summed E-state index contributed by atoms with van der Waals surface area (Å²) in [6, 6.07) is 12.5. The van der Waals surface area contributed by atoms with Crippen molar-refractivity contribution < 1.29 is 0 Å². The summed E-state index contributed by atoms with van der Waals surface area (Å²) in [7, 11) is 4.44.